The van der Waals surface area contributed by atoms with Crippen LogP contribution in [0.5, 0.6) is 34.5 Å². The Morgan fingerprint density at radius 1 is 0.600 bits per heavy atom. The number of Topliss-reactive ketones (excluding diaryl/α,β-unsaturated/α-hetero) is 1. The second-order valence-corrected chi connectivity index (χ2v) is 12.2. The first kappa shape index (κ1) is 37.6. The van der Waals surface area contributed by atoms with Crippen LogP contribution in [0.1, 0.15) is 56.6 Å². The molecule has 6 rings (SSSR count). The molecule has 0 aliphatic carbocycles. The Morgan fingerprint density at radius 3 is 1.84 bits per heavy atom. The normalized spacial score (nSPS) is 14.6. The monoisotopic (exact) mass is 750 g/mol. The summed E-state index contributed by atoms with van der Waals surface area (Å²) < 4.78 is 38.6. The van der Waals surface area contributed by atoms with E-state index in [-0.39, 0.29) is 73.5 Å². The Bertz CT molecular complexity index is 2490. The van der Waals surface area contributed by atoms with Crippen molar-refractivity contribution in [1.82, 2.24) is 0 Å². The Labute approximate surface area is 310 Å². The van der Waals surface area contributed by atoms with Crippen LogP contribution in [0.3, 0.4) is 0 Å². The number of rotatable bonds is 8. The number of aliphatic hydroxyl groups is 1. The van der Waals surface area contributed by atoms with Crippen molar-refractivity contribution >= 4 is 46.6 Å². The Morgan fingerprint density at radius 2 is 1.20 bits per heavy atom. The standard InChI is InChI=1S/C40H30O15/c1-18(41)49-26-9-6-23(7-10-26)31-17-29(46)36-32(52-21(4)44)13-25(14-33(36)54-31)28-12-24(8-11-30(28)51-20(3)43)40-39(48)38(47)37-34(53-22(5)45)15-27(50-19(2)42)16-35(37)55-40/h6-17,39-40,48H,1-5H3. The number of esters is 5. The van der Waals surface area contributed by atoms with E-state index in [1.165, 1.54) is 68.4 Å². The van der Waals surface area contributed by atoms with Crippen molar-refractivity contribution in [3.05, 3.63) is 94.1 Å². The minimum Gasteiger partial charge on any atom is -0.481 e. The molecule has 0 amide bonds. The van der Waals surface area contributed by atoms with Crippen molar-refractivity contribution in [3.63, 3.8) is 0 Å². The summed E-state index contributed by atoms with van der Waals surface area (Å²) in [4.78, 5) is 86.6. The molecule has 5 aromatic rings. The molecule has 55 heavy (non-hydrogen) atoms. The second-order valence-electron chi connectivity index (χ2n) is 12.2. The third-order valence-corrected chi connectivity index (χ3v) is 7.96. The van der Waals surface area contributed by atoms with Gasteiger partial charge in [-0.3, -0.25) is 33.6 Å². The highest BCUT2D eigenvalue weighted by Crippen LogP contribution is 2.45. The third kappa shape index (κ3) is 8.11. The van der Waals surface area contributed by atoms with Gasteiger partial charge in [0.2, 0.25) is 5.78 Å². The van der Waals surface area contributed by atoms with E-state index in [4.69, 9.17) is 32.8 Å². The third-order valence-electron chi connectivity index (χ3n) is 7.96. The van der Waals surface area contributed by atoms with Gasteiger partial charge < -0.3 is 37.9 Å². The highest BCUT2D eigenvalue weighted by Gasteiger charge is 2.40. The minimum atomic E-state index is -1.85. The first-order chi connectivity index (χ1) is 26.1. The summed E-state index contributed by atoms with van der Waals surface area (Å²) in [5.41, 5.74) is 0.131. The van der Waals surface area contributed by atoms with E-state index in [0.717, 1.165) is 26.8 Å². The largest absolute Gasteiger partial charge is 0.481 e. The van der Waals surface area contributed by atoms with Gasteiger partial charge in [0.1, 0.15) is 56.8 Å². The lowest BCUT2D eigenvalue weighted by atomic mass is 9.90. The molecule has 0 saturated heterocycles. The molecule has 0 radical (unpaired) electrons. The van der Waals surface area contributed by atoms with E-state index in [1.54, 1.807) is 12.1 Å². The van der Waals surface area contributed by atoms with E-state index < -0.39 is 53.3 Å². The number of ketones is 1. The van der Waals surface area contributed by atoms with Crippen LogP contribution in [0.2, 0.25) is 0 Å². The molecule has 2 atom stereocenters. The number of carbonyl (C=O) groups excluding carboxylic acids is 6. The number of carbonyl (C=O) groups is 6. The first-order valence-corrected chi connectivity index (χ1v) is 16.4. The maximum Gasteiger partial charge on any atom is 0.308 e. The molecular formula is C40H30O15. The van der Waals surface area contributed by atoms with Crippen molar-refractivity contribution in [1.29, 1.82) is 0 Å². The lowest BCUT2D eigenvalue weighted by Crippen LogP contribution is -2.36. The molecule has 2 heterocycles. The predicted octanol–water partition coefficient (Wildman–Crippen LogP) is 5.43. The van der Waals surface area contributed by atoms with Crippen molar-refractivity contribution < 1.29 is 66.7 Å². The topological polar surface area (TPSA) is 208 Å². The van der Waals surface area contributed by atoms with E-state index in [9.17, 15) is 38.7 Å². The maximum absolute atomic E-state index is 13.6. The molecule has 15 heteroatoms. The first-order valence-electron chi connectivity index (χ1n) is 16.4. The molecule has 1 N–H and O–H groups in total. The fourth-order valence-corrected chi connectivity index (χ4v) is 5.93. The summed E-state index contributed by atoms with van der Waals surface area (Å²) in [5, 5.41) is 11.2. The van der Waals surface area contributed by atoms with Crippen LogP contribution in [0.25, 0.3) is 33.4 Å². The number of hydrogen-bond acceptors (Lipinski definition) is 15. The van der Waals surface area contributed by atoms with Crippen molar-refractivity contribution in [2.75, 3.05) is 0 Å². The molecule has 280 valence electrons. The maximum atomic E-state index is 13.6. The van der Waals surface area contributed by atoms with Gasteiger partial charge >= 0.3 is 29.8 Å². The van der Waals surface area contributed by atoms with Gasteiger partial charge in [0.25, 0.3) is 0 Å². The zero-order valence-corrected chi connectivity index (χ0v) is 29.7. The van der Waals surface area contributed by atoms with E-state index in [2.05, 4.69) is 0 Å². The molecule has 0 saturated carbocycles. The molecule has 2 unspecified atom stereocenters. The highest BCUT2D eigenvalue weighted by molar-refractivity contribution is 6.06. The zero-order valence-electron chi connectivity index (χ0n) is 29.7. The fourth-order valence-electron chi connectivity index (χ4n) is 5.93. The van der Waals surface area contributed by atoms with Crippen LogP contribution in [-0.4, -0.2) is 46.8 Å². The Kier molecular flexibility index (Phi) is 10.3. The van der Waals surface area contributed by atoms with E-state index >= 15 is 0 Å². The quantitative estimate of drug-likeness (QED) is 0.155. The molecule has 1 aliphatic heterocycles. The van der Waals surface area contributed by atoms with Gasteiger partial charge in [0.05, 0.1) is 0 Å². The molecule has 0 bridgehead atoms. The van der Waals surface area contributed by atoms with Crippen molar-refractivity contribution in [2.24, 2.45) is 0 Å². The molecule has 1 aliphatic rings. The smallest absolute Gasteiger partial charge is 0.308 e. The van der Waals surface area contributed by atoms with Crippen LogP contribution >= 0.6 is 0 Å². The summed E-state index contributed by atoms with van der Waals surface area (Å²) >= 11 is 0. The van der Waals surface area contributed by atoms with Gasteiger partial charge in [-0.15, -0.1) is 0 Å². The van der Waals surface area contributed by atoms with Crippen LogP contribution in [0.4, 0.5) is 0 Å². The average molecular weight is 751 g/mol. The number of benzene rings is 4. The summed E-state index contributed by atoms with van der Waals surface area (Å²) in [6.45, 7) is 5.81. The fraction of sp³-hybridized carbons (Fsp3) is 0.175. The molecule has 4 aromatic carbocycles. The van der Waals surface area contributed by atoms with Gasteiger partial charge in [-0.2, -0.15) is 0 Å². The highest BCUT2D eigenvalue weighted by atomic mass is 16.6. The lowest BCUT2D eigenvalue weighted by Gasteiger charge is -2.31. The van der Waals surface area contributed by atoms with E-state index in [0.29, 0.717) is 5.56 Å². The molecule has 1 aromatic heterocycles. The van der Waals surface area contributed by atoms with Gasteiger partial charge in [-0.05, 0) is 59.7 Å². The van der Waals surface area contributed by atoms with Gasteiger partial charge in [-0.1, -0.05) is 6.07 Å². The van der Waals surface area contributed by atoms with Crippen LogP contribution in [0, 0.1) is 0 Å². The van der Waals surface area contributed by atoms with Gasteiger partial charge in [0, 0.05) is 63.9 Å². The van der Waals surface area contributed by atoms with Crippen molar-refractivity contribution in [2.45, 2.75) is 46.8 Å². The second kappa shape index (κ2) is 15.1. The summed E-state index contributed by atoms with van der Waals surface area (Å²) in [5.74, 6) is -4.72. The summed E-state index contributed by atoms with van der Waals surface area (Å²) in [6, 6.07) is 16.8. The van der Waals surface area contributed by atoms with Crippen molar-refractivity contribution in [3.8, 4) is 56.9 Å². The lowest BCUT2D eigenvalue weighted by molar-refractivity contribution is -0.133. The average Bonchev–Trinajstić information content (AvgIpc) is 3.08. The molecule has 0 fully saturated rings. The number of ether oxygens (including phenoxy) is 6. The summed E-state index contributed by atoms with van der Waals surface area (Å²) in [6.07, 6.45) is -3.26. The number of aliphatic hydroxyl groups excluding tert-OH is 1. The molecule has 15 nitrogen and oxygen atoms in total. The van der Waals surface area contributed by atoms with Crippen LogP contribution in [0.15, 0.2) is 82.0 Å². The van der Waals surface area contributed by atoms with Gasteiger partial charge in [-0.25, -0.2) is 0 Å². The zero-order chi connectivity index (χ0) is 39.7. The number of fused-ring (bicyclic) bond motifs is 2. The van der Waals surface area contributed by atoms with E-state index in [1.807, 2.05) is 0 Å². The van der Waals surface area contributed by atoms with Crippen LogP contribution < -0.4 is 33.8 Å². The molecular weight excluding hydrogens is 720 g/mol. The molecule has 0 spiro atoms. The van der Waals surface area contributed by atoms with Crippen LogP contribution in [-0.2, 0) is 24.0 Å². The minimum absolute atomic E-state index is 0.00440. The van der Waals surface area contributed by atoms with Gasteiger partial charge in [0.15, 0.2) is 17.6 Å². The SMILES string of the molecule is CC(=O)Oc1ccc(-c2cc(=O)c3c(OC(C)=O)cc(-c4cc(C5Oc6cc(OC(C)=O)cc(OC(C)=O)c6C(=O)C5O)ccc4OC(C)=O)cc3o2)cc1. The Balaban J connectivity index is 1.50. The Hall–Kier alpha value is -7.13. The number of hydrogen-bond donors (Lipinski definition) is 1. The summed E-state index contributed by atoms with van der Waals surface area (Å²) in [7, 11) is 0. The predicted molar refractivity (Wildman–Crippen MR) is 190 cm³/mol.